The molecule has 0 unspecified atom stereocenters. The first-order valence-electron chi connectivity index (χ1n) is 9.45. The number of amides is 1. The summed E-state index contributed by atoms with van der Waals surface area (Å²) in [6.07, 6.45) is 1.29. The number of Topliss-reactive ketones (excluding diaryl/α,β-unsaturated/α-hetero) is 1. The van der Waals surface area contributed by atoms with Crippen molar-refractivity contribution in [2.45, 2.75) is 51.4 Å². The molecule has 1 heterocycles. The monoisotopic (exact) mass is 427 g/mol. The third kappa shape index (κ3) is 5.73. The van der Waals surface area contributed by atoms with E-state index in [0.717, 1.165) is 12.0 Å². The Hall–Kier alpha value is -1.54. The van der Waals surface area contributed by atoms with Crippen molar-refractivity contribution in [3.8, 4) is 5.75 Å². The molecule has 1 saturated heterocycles. The van der Waals surface area contributed by atoms with Gasteiger partial charge in [0.15, 0.2) is 15.6 Å². The average Bonchev–Trinajstić information content (AvgIpc) is 3.00. The number of carbonyl (C=O) groups excluding carboxylic acids is 2. The van der Waals surface area contributed by atoms with Crippen molar-refractivity contribution in [3.05, 3.63) is 29.3 Å². The predicted octanol–water partition coefficient (Wildman–Crippen LogP) is 2.95. The van der Waals surface area contributed by atoms with Crippen molar-refractivity contribution in [1.82, 2.24) is 4.90 Å². The third-order valence-corrected chi connectivity index (χ3v) is 7.84. The van der Waals surface area contributed by atoms with Gasteiger partial charge in [-0.15, -0.1) is 11.8 Å². The third-order valence-electron chi connectivity index (χ3n) is 5.13. The van der Waals surface area contributed by atoms with Crippen molar-refractivity contribution in [2.75, 3.05) is 24.4 Å². The zero-order valence-corrected chi connectivity index (χ0v) is 18.6. The van der Waals surface area contributed by atoms with Gasteiger partial charge in [-0.25, -0.2) is 8.42 Å². The molecule has 0 aromatic heterocycles. The Kier molecular flexibility index (Phi) is 7.95. The number of hydrogen-bond donors (Lipinski definition) is 0. The van der Waals surface area contributed by atoms with Crippen molar-refractivity contribution in [1.29, 1.82) is 0 Å². The van der Waals surface area contributed by atoms with E-state index in [9.17, 15) is 18.0 Å². The Labute approximate surface area is 171 Å². The summed E-state index contributed by atoms with van der Waals surface area (Å²) >= 11 is 1.45. The second-order valence-electron chi connectivity index (χ2n) is 7.19. The number of hydrogen-bond acceptors (Lipinski definition) is 6. The topological polar surface area (TPSA) is 80.8 Å². The van der Waals surface area contributed by atoms with Gasteiger partial charge in [-0.3, -0.25) is 9.59 Å². The van der Waals surface area contributed by atoms with Gasteiger partial charge in [-0.1, -0.05) is 6.92 Å². The molecule has 28 heavy (non-hydrogen) atoms. The molecule has 1 aliphatic heterocycles. The van der Waals surface area contributed by atoms with Gasteiger partial charge in [-0.2, -0.15) is 0 Å². The fourth-order valence-electron chi connectivity index (χ4n) is 3.43. The highest BCUT2D eigenvalue weighted by Crippen LogP contribution is 2.27. The van der Waals surface area contributed by atoms with Crippen molar-refractivity contribution >= 4 is 33.3 Å². The van der Waals surface area contributed by atoms with Crippen LogP contribution in [-0.2, 0) is 20.4 Å². The van der Waals surface area contributed by atoms with Gasteiger partial charge in [0.25, 0.3) is 0 Å². The molecule has 0 radical (unpaired) electrons. The maximum absolute atomic E-state index is 12.9. The quantitative estimate of drug-likeness (QED) is 0.564. The largest absolute Gasteiger partial charge is 0.496 e. The zero-order chi connectivity index (χ0) is 20.9. The van der Waals surface area contributed by atoms with Crippen LogP contribution >= 0.6 is 11.8 Å². The molecule has 6 nitrogen and oxygen atoms in total. The molecule has 8 heteroatoms. The fourth-order valence-corrected chi connectivity index (χ4v) is 6.02. The molecular formula is C20H29NO5S2. The van der Waals surface area contributed by atoms with Crippen LogP contribution in [0.4, 0.5) is 0 Å². The summed E-state index contributed by atoms with van der Waals surface area (Å²) in [5, 5.41) is 0. The van der Waals surface area contributed by atoms with E-state index in [-0.39, 0.29) is 41.0 Å². The molecule has 0 saturated carbocycles. The molecule has 0 bridgehead atoms. The molecule has 1 aromatic rings. The molecular weight excluding hydrogens is 398 g/mol. The molecule has 156 valence electrons. The van der Waals surface area contributed by atoms with Gasteiger partial charge < -0.3 is 9.64 Å². The molecule has 0 N–H and O–H groups in total. The van der Waals surface area contributed by atoms with Crippen molar-refractivity contribution in [3.63, 3.8) is 0 Å². The Morgan fingerprint density at radius 3 is 2.61 bits per heavy atom. The van der Waals surface area contributed by atoms with E-state index in [2.05, 4.69) is 0 Å². The minimum atomic E-state index is -3.05. The van der Waals surface area contributed by atoms with E-state index in [1.54, 1.807) is 30.2 Å². The second kappa shape index (κ2) is 9.78. The van der Waals surface area contributed by atoms with Crippen LogP contribution in [0, 0.1) is 0 Å². The molecule has 1 aromatic carbocycles. The van der Waals surface area contributed by atoms with Gasteiger partial charge in [0.1, 0.15) is 5.75 Å². The van der Waals surface area contributed by atoms with Crippen LogP contribution in [0.2, 0.25) is 0 Å². The molecule has 1 fully saturated rings. The molecule has 2 atom stereocenters. The molecule has 0 spiro atoms. The SMILES string of the molecule is CC[C@H](C)N(C(=O)CSCc1cc(C(C)=O)ccc1OC)[C@@H]1CCS(=O)(=O)C1. The smallest absolute Gasteiger partial charge is 0.233 e. The maximum Gasteiger partial charge on any atom is 0.233 e. The fraction of sp³-hybridized carbons (Fsp3) is 0.600. The lowest BCUT2D eigenvalue weighted by Gasteiger charge is -2.33. The first-order chi connectivity index (χ1) is 13.2. The van der Waals surface area contributed by atoms with Gasteiger partial charge in [0.2, 0.25) is 5.91 Å². The normalized spacial score (nSPS) is 19.2. The highest BCUT2D eigenvalue weighted by atomic mass is 32.2. The summed E-state index contributed by atoms with van der Waals surface area (Å²) in [6.45, 7) is 5.48. The number of ketones is 1. The summed E-state index contributed by atoms with van der Waals surface area (Å²) in [4.78, 5) is 26.3. The zero-order valence-electron chi connectivity index (χ0n) is 16.9. The molecule has 2 rings (SSSR count). The molecule has 1 amide bonds. The summed E-state index contributed by atoms with van der Waals surface area (Å²) in [6, 6.07) is 5.06. The van der Waals surface area contributed by atoms with E-state index >= 15 is 0 Å². The van der Waals surface area contributed by atoms with Crippen LogP contribution in [0.15, 0.2) is 18.2 Å². The average molecular weight is 428 g/mol. The van der Waals surface area contributed by atoms with Crippen LogP contribution in [0.3, 0.4) is 0 Å². The second-order valence-corrected chi connectivity index (χ2v) is 10.4. The lowest BCUT2D eigenvalue weighted by atomic mass is 10.1. The van der Waals surface area contributed by atoms with Crippen LogP contribution in [0.25, 0.3) is 0 Å². The van der Waals surface area contributed by atoms with Gasteiger partial charge in [0.05, 0.1) is 24.4 Å². The highest BCUT2D eigenvalue weighted by molar-refractivity contribution is 7.99. The van der Waals surface area contributed by atoms with Crippen molar-refractivity contribution < 1.29 is 22.7 Å². The summed E-state index contributed by atoms with van der Waals surface area (Å²) in [5.74, 6) is 1.63. The lowest BCUT2D eigenvalue weighted by molar-refractivity contribution is -0.132. The number of rotatable bonds is 9. The van der Waals surface area contributed by atoms with Crippen LogP contribution in [0.1, 0.15) is 49.5 Å². The Morgan fingerprint density at radius 2 is 2.07 bits per heavy atom. The summed E-state index contributed by atoms with van der Waals surface area (Å²) in [5.41, 5.74) is 1.48. The van der Waals surface area contributed by atoms with Crippen LogP contribution in [-0.4, -0.2) is 61.5 Å². The van der Waals surface area contributed by atoms with E-state index < -0.39 is 9.84 Å². The van der Waals surface area contributed by atoms with Gasteiger partial charge >= 0.3 is 0 Å². The number of ether oxygens (including phenoxy) is 1. The van der Waals surface area contributed by atoms with Crippen LogP contribution in [0.5, 0.6) is 5.75 Å². The number of benzene rings is 1. The standard InChI is InChI=1S/C20H29NO5S2/c1-5-14(2)21(18-8-9-28(24,25)13-18)20(23)12-27-11-17-10-16(15(3)22)6-7-19(17)26-4/h6-7,10,14,18H,5,8-9,11-13H2,1-4H3/t14-,18+/m0/s1. The Bertz CT molecular complexity index is 822. The minimum absolute atomic E-state index is 0.00183. The Balaban J connectivity index is 2.05. The predicted molar refractivity (Wildman–Crippen MR) is 113 cm³/mol. The van der Waals surface area contributed by atoms with E-state index in [4.69, 9.17) is 4.74 Å². The number of sulfone groups is 1. The summed E-state index contributed by atoms with van der Waals surface area (Å²) < 4.78 is 29.1. The first kappa shape index (κ1) is 22.7. The number of nitrogens with zero attached hydrogens (tertiary/aromatic N) is 1. The molecule has 1 aliphatic rings. The first-order valence-corrected chi connectivity index (χ1v) is 12.4. The summed E-state index contributed by atoms with van der Waals surface area (Å²) in [7, 11) is -1.47. The van der Waals surface area contributed by atoms with Crippen LogP contribution < -0.4 is 4.74 Å². The van der Waals surface area contributed by atoms with E-state index in [1.165, 1.54) is 18.7 Å². The number of carbonyl (C=O) groups is 2. The van der Waals surface area contributed by atoms with E-state index in [0.29, 0.717) is 23.5 Å². The van der Waals surface area contributed by atoms with Gasteiger partial charge in [0, 0.05) is 29.0 Å². The minimum Gasteiger partial charge on any atom is -0.496 e. The number of thioether (sulfide) groups is 1. The molecule has 0 aliphatic carbocycles. The highest BCUT2D eigenvalue weighted by Gasteiger charge is 2.36. The lowest BCUT2D eigenvalue weighted by Crippen LogP contribution is -2.47. The van der Waals surface area contributed by atoms with Gasteiger partial charge in [-0.05, 0) is 44.9 Å². The number of methoxy groups -OCH3 is 1. The van der Waals surface area contributed by atoms with E-state index in [1.807, 2.05) is 13.8 Å². The Morgan fingerprint density at radius 1 is 1.36 bits per heavy atom. The maximum atomic E-state index is 12.9. The van der Waals surface area contributed by atoms with Crippen molar-refractivity contribution in [2.24, 2.45) is 0 Å².